The van der Waals surface area contributed by atoms with E-state index in [0.717, 1.165) is 46.8 Å². The number of hydrogen-bond acceptors (Lipinski definition) is 6. The van der Waals surface area contributed by atoms with Gasteiger partial charge in [-0.25, -0.2) is 0 Å². The summed E-state index contributed by atoms with van der Waals surface area (Å²) in [6, 6.07) is 17.8. The smallest absolute Gasteiger partial charge is 0.261 e. The van der Waals surface area contributed by atoms with E-state index in [2.05, 4.69) is 99.9 Å². The first-order valence-corrected chi connectivity index (χ1v) is 33.0. The molecule has 0 saturated carbocycles. The molecule has 6 rings (SSSR count). The zero-order valence-electron chi connectivity index (χ0n) is 46.2. The molecule has 2 unspecified atom stereocenters. The fourth-order valence-electron chi connectivity index (χ4n) is 11.3. The number of fused-ring (bicyclic) bond motifs is 1. The molecule has 0 aromatic carbocycles. The highest BCUT2D eigenvalue weighted by molar-refractivity contribution is 7.26. The third-order valence-electron chi connectivity index (χ3n) is 15.6. The van der Waals surface area contributed by atoms with Crippen LogP contribution in [-0.2, 0) is 9.59 Å². The van der Waals surface area contributed by atoms with Gasteiger partial charge in [-0.1, -0.05) is 207 Å². The molecule has 0 N–H and O–H groups in total. The third-order valence-corrected chi connectivity index (χ3v) is 20.1. The van der Waals surface area contributed by atoms with Crippen molar-refractivity contribution in [1.82, 2.24) is 9.80 Å². The molecular weight excluding hydrogens is 957 g/mol. The first-order chi connectivity index (χ1) is 35.3. The molecule has 0 bridgehead atoms. The molecule has 6 heterocycles. The molecule has 8 heteroatoms. The number of amides is 2. The molecule has 0 fully saturated rings. The monoisotopic (exact) mass is 1050 g/mol. The van der Waals surface area contributed by atoms with E-state index in [0.29, 0.717) is 36.1 Å². The van der Waals surface area contributed by atoms with Gasteiger partial charge in [0.05, 0.1) is 32.3 Å². The van der Waals surface area contributed by atoms with E-state index in [4.69, 9.17) is 0 Å². The normalized spacial score (nSPS) is 14.8. The van der Waals surface area contributed by atoms with Gasteiger partial charge in [-0.15, -0.1) is 45.3 Å². The maximum absolute atomic E-state index is 15.8. The fraction of sp³-hybridized carbons (Fsp3) is 0.656. The van der Waals surface area contributed by atoms with Gasteiger partial charge in [0, 0.05) is 42.4 Å². The van der Waals surface area contributed by atoms with Crippen molar-refractivity contribution in [3.63, 3.8) is 0 Å². The number of hydrogen-bond donors (Lipinski definition) is 0. The number of rotatable bonds is 40. The summed E-state index contributed by atoms with van der Waals surface area (Å²) in [4.78, 5) is 45.5. The Morgan fingerprint density at radius 1 is 0.333 bits per heavy atom. The van der Waals surface area contributed by atoms with Gasteiger partial charge in [0.25, 0.3) is 11.8 Å². The van der Waals surface area contributed by atoms with Crippen molar-refractivity contribution < 1.29 is 9.59 Å². The van der Waals surface area contributed by atoms with Crippen LogP contribution in [0.3, 0.4) is 0 Å². The lowest BCUT2D eigenvalue weighted by Gasteiger charge is -2.29. The standard InChI is InChI=1S/C64H96N2O2S4/c1-7-11-15-19-23-25-29-33-37-51(35-31-27-21-17-13-9-3)47-65-61(57-42-40-50(6)70-57)59-60(64(65)68)62(58-46-45-56(72-58)55-44-43-54(71-55)53-41-39-49(5)69-53)66(63(59)67)48-52(36-32-28-22-18-14-10-4)38-34-30-26-24-20-16-12-8-2/h39-46,51-52H,7-38,47-48H2,1-6H3. The van der Waals surface area contributed by atoms with Gasteiger partial charge in [-0.3, -0.25) is 9.59 Å². The Bertz CT molecular complexity index is 2250. The molecule has 0 aliphatic carbocycles. The lowest BCUT2D eigenvalue weighted by atomic mass is 9.93. The highest BCUT2D eigenvalue weighted by Crippen LogP contribution is 2.51. The number of thiophene rings is 4. The molecule has 4 aromatic heterocycles. The van der Waals surface area contributed by atoms with Crippen LogP contribution < -0.4 is 0 Å². The summed E-state index contributed by atoms with van der Waals surface area (Å²) in [5, 5.41) is 0. The maximum atomic E-state index is 15.8. The van der Waals surface area contributed by atoms with Crippen LogP contribution >= 0.6 is 45.3 Å². The summed E-state index contributed by atoms with van der Waals surface area (Å²) in [6.07, 6.45) is 40.9. The highest BCUT2D eigenvalue weighted by Gasteiger charge is 2.50. The molecule has 398 valence electrons. The molecule has 2 atom stereocenters. The van der Waals surface area contributed by atoms with Crippen molar-refractivity contribution in [2.24, 2.45) is 11.8 Å². The van der Waals surface area contributed by atoms with Crippen molar-refractivity contribution in [3.05, 3.63) is 79.2 Å². The van der Waals surface area contributed by atoms with E-state index in [-0.39, 0.29) is 11.8 Å². The van der Waals surface area contributed by atoms with E-state index in [1.165, 1.54) is 209 Å². The van der Waals surface area contributed by atoms with Crippen LogP contribution in [0, 0.1) is 25.7 Å². The summed E-state index contributed by atoms with van der Waals surface area (Å²) in [5.41, 5.74) is 3.12. The molecule has 2 aliphatic rings. The van der Waals surface area contributed by atoms with Crippen LogP contribution in [0.4, 0.5) is 0 Å². The number of nitrogens with zero attached hydrogens (tertiary/aromatic N) is 2. The molecule has 4 aromatic rings. The van der Waals surface area contributed by atoms with E-state index in [1.807, 2.05) is 22.7 Å². The average Bonchev–Trinajstić information content (AvgIpc) is 4.26. The van der Waals surface area contributed by atoms with Gasteiger partial charge in [0.15, 0.2) is 0 Å². The molecule has 4 nitrogen and oxygen atoms in total. The van der Waals surface area contributed by atoms with Crippen molar-refractivity contribution in [3.8, 4) is 19.5 Å². The van der Waals surface area contributed by atoms with Crippen molar-refractivity contribution in [2.45, 2.75) is 247 Å². The van der Waals surface area contributed by atoms with E-state index in [1.54, 1.807) is 22.7 Å². The molecule has 0 radical (unpaired) electrons. The first kappa shape index (κ1) is 58.5. The SMILES string of the molecule is CCCCCCCCCCC(CCCCCCCC)CN1C(=O)C2=C(c3ccc(-c4ccc(-c5ccc(C)s5)s4)s3)N(CC(CCCCCCCC)CCCCCCCCCC)C(=O)C2=C1c1ccc(C)s1. The number of unbranched alkanes of at least 4 members (excludes halogenated alkanes) is 24. The first-order valence-electron chi connectivity index (χ1n) is 29.7. The predicted octanol–water partition coefficient (Wildman–Crippen LogP) is 21.5. The summed E-state index contributed by atoms with van der Waals surface area (Å²) in [6.45, 7) is 14.9. The van der Waals surface area contributed by atoms with Crippen LogP contribution in [0.5, 0.6) is 0 Å². The third kappa shape index (κ3) is 17.7. The predicted molar refractivity (Wildman–Crippen MR) is 319 cm³/mol. The van der Waals surface area contributed by atoms with Crippen LogP contribution in [0.15, 0.2) is 59.7 Å². The minimum absolute atomic E-state index is 0.0535. The Morgan fingerprint density at radius 3 is 0.903 bits per heavy atom. The quantitative estimate of drug-likeness (QED) is 0.0417. The van der Waals surface area contributed by atoms with E-state index < -0.39 is 0 Å². The van der Waals surface area contributed by atoms with Gasteiger partial charge in [0.1, 0.15) is 0 Å². The Labute approximate surface area is 455 Å². The van der Waals surface area contributed by atoms with Crippen molar-refractivity contribution in [2.75, 3.05) is 13.1 Å². The second-order valence-corrected chi connectivity index (χ2v) is 26.5. The average molecular weight is 1050 g/mol. The van der Waals surface area contributed by atoms with Crippen LogP contribution in [-0.4, -0.2) is 34.7 Å². The van der Waals surface area contributed by atoms with Gasteiger partial charge in [-0.05, 0) is 99.9 Å². The lowest BCUT2D eigenvalue weighted by molar-refractivity contribution is -0.124. The zero-order valence-corrected chi connectivity index (χ0v) is 49.4. The highest BCUT2D eigenvalue weighted by atomic mass is 32.1. The molecule has 2 amide bonds. The largest absolute Gasteiger partial charge is 0.306 e. The number of carbonyl (C=O) groups is 2. The Kier molecular flexibility index (Phi) is 26.5. The van der Waals surface area contributed by atoms with E-state index >= 15 is 9.59 Å². The number of aryl methyl sites for hydroxylation is 2. The van der Waals surface area contributed by atoms with Crippen LogP contribution in [0.2, 0.25) is 0 Å². The Morgan fingerprint density at radius 2 is 0.583 bits per heavy atom. The zero-order chi connectivity index (χ0) is 50.9. The van der Waals surface area contributed by atoms with Crippen LogP contribution in [0.1, 0.15) is 253 Å². The maximum Gasteiger partial charge on any atom is 0.261 e. The Balaban J connectivity index is 1.34. The van der Waals surface area contributed by atoms with Crippen molar-refractivity contribution in [1.29, 1.82) is 0 Å². The minimum atomic E-state index is 0.0535. The van der Waals surface area contributed by atoms with Gasteiger partial charge in [-0.2, -0.15) is 0 Å². The topological polar surface area (TPSA) is 40.6 Å². The molecule has 72 heavy (non-hydrogen) atoms. The number of carbonyl (C=O) groups excluding carboxylic acids is 2. The molecular formula is C64H96N2O2S4. The fourth-order valence-corrected chi connectivity index (χ4v) is 15.4. The van der Waals surface area contributed by atoms with Crippen molar-refractivity contribution >= 4 is 68.6 Å². The molecule has 2 aliphatic heterocycles. The van der Waals surface area contributed by atoms with E-state index in [9.17, 15) is 0 Å². The van der Waals surface area contributed by atoms with Gasteiger partial charge < -0.3 is 9.80 Å². The van der Waals surface area contributed by atoms with Gasteiger partial charge in [0.2, 0.25) is 0 Å². The summed E-state index contributed by atoms with van der Waals surface area (Å²) in [7, 11) is 0. The van der Waals surface area contributed by atoms with Crippen LogP contribution in [0.25, 0.3) is 30.9 Å². The second kappa shape index (κ2) is 32.6. The minimum Gasteiger partial charge on any atom is -0.306 e. The summed E-state index contributed by atoms with van der Waals surface area (Å²) in [5.74, 6) is 0.916. The lowest BCUT2D eigenvalue weighted by Crippen LogP contribution is -2.34. The van der Waals surface area contributed by atoms with Gasteiger partial charge >= 0.3 is 0 Å². The molecule has 0 spiro atoms. The second-order valence-electron chi connectivity index (χ2n) is 21.8. The summed E-state index contributed by atoms with van der Waals surface area (Å²) >= 11 is 7.22. The molecule has 0 saturated heterocycles. The Hall–Kier alpha value is -2.78. The summed E-state index contributed by atoms with van der Waals surface area (Å²) < 4.78 is 0.